The predicted molar refractivity (Wildman–Crippen MR) is 62.0 cm³/mol. The van der Waals surface area contributed by atoms with Crippen molar-refractivity contribution in [2.45, 2.75) is 12.5 Å². The standard InChI is InChI=1S/C12H12F3NO4/c13-12(14,15)11(16-17)8-3-1-2-4-9(8)20-7-10-18-5-6-19-10/h1-4,10,17H,5-7H2/b16-11-. The van der Waals surface area contributed by atoms with Gasteiger partial charge in [-0.25, -0.2) is 0 Å². The lowest BCUT2D eigenvalue weighted by molar-refractivity contribution is -0.0689. The van der Waals surface area contributed by atoms with Crippen molar-refractivity contribution >= 4 is 5.71 Å². The Kier molecular flexibility index (Phi) is 4.46. The number of hydrogen-bond acceptors (Lipinski definition) is 5. The molecule has 0 atom stereocenters. The normalized spacial score (nSPS) is 17.4. The van der Waals surface area contributed by atoms with Crippen molar-refractivity contribution in [2.24, 2.45) is 5.16 Å². The lowest BCUT2D eigenvalue weighted by atomic mass is 10.1. The van der Waals surface area contributed by atoms with Gasteiger partial charge in [-0.1, -0.05) is 17.3 Å². The summed E-state index contributed by atoms with van der Waals surface area (Å²) in [4.78, 5) is 0. The fourth-order valence-corrected chi connectivity index (χ4v) is 1.71. The minimum atomic E-state index is -4.78. The minimum absolute atomic E-state index is 0.0480. The van der Waals surface area contributed by atoms with Crippen LogP contribution >= 0.6 is 0 Å². The number of oxime groups is 1. The summed E-state index contributed by atoms with van der Waals surface area (Å²) in [7, 11) is 0. The fourth-order valence-electron chi connectivity index (χ4n) is 1.71. The maximum absolute atomic E-state index is 12.7. The Hall–Kier alpha value is -1.80. The van der Waals surface area contributed by atoms with E-state index in [1.54, 1.807) is 0 Å². The molecule has 0 saturated carbocycles. The van der Waals surface area contributed by atoms with Crippen LogP contribution in [0.5, 0.6) is 5.75 Å². The highest BCUT2D eigenvalue weighted by Crippen LogP contribution is 2.28. The molecule has 0 amide bonds. The molecule has 1 aromatic carbocycles. The molecule has 110 valence electrons. The van der Waals surface area contributed by atoms with Crippen LogP contribution in [0.25, 0.3) is 0 Å². The van der Waals surface area contributed by atoms with Gasteiger partial charge in [-0.05, 0) is 12.1 Å². The van der Waals surface area contributed by atoms with Crippen LogP contribution in [-0.2, 0) is 9.47 Å². The highest BCUT2D eigenvalue weighted by atomic mass is 19.4. The van der Waals surface area contributed by atoms with E-state index in [9.17, 15) is 13.2 Å². The Balaban J connectivity index is 2.17. The number of ether oxygens (including phenoxy) is 3. The number of nitrogens with zero attached hydrogens (tertiary/aromatic N) is 1. The Bertz CT molecular complexity index is 484. The summed E-state index contributed by atoms with van der Waals surface area (Å²) in [6.45, 7) is 0.788. The van der Waals surface area contributed by atoms with Crippen LogP contribution in [0.2, 0.25) is 0 Å². The van der Waals surface area contributed by atoms with E-state index in [1.165, 1.54) is 18.2 Å². The van der Waals surface area contributed by atoms with Gasteiger partial charge in [0.1, 0.15) is 12.4 Å². The van der Waals surface area contributed by atoms with E-state index in [2.05, 4.69) is 5.16 Å². The van der Waals surface area contributed by atoms with Gasteiger partial charge >= 0.3 is 6.18 Å². The number of halogens is 3. The molecular formula is C12H12F3NO4. The molecule has 2 rings (SSSR count). The third kappa shape index (κ3) is 3.40. The predicted octanol–water partition coefficient (Wildman–Crippen LogP) is 2.18. The zero-order valence-corrected chi connectivity index (χ0v) is 10.3. The second kappa shape index (κ2) is 6.10. The van der Waals surface area contributed by atoms with Crippen LogP contribution in [-0.4, -0.2) is 43.2 Å². The maximum atomic E-state index is 12.7. The van der Waals surface area contributed by atoms with Gasteiger partial charge in [0, 0.05) is 0 Å². The summed E-state index contributed by atoms with van der Waals surface area (Å²) < 4.78 is 53.7. The number of hydrogen-bond donors (Lipinski definition) is 1. The molecule has 20 heavy (non-hydrogen) atoms. The van der Waals surface area contributed by atoms with Crippen molar-refractivity contribution < 1.29 is 32.6 Å². The van der Waals surface area contributed by atoms with Gasteiger partial charge in [-0.2, -0.15) is 13.2 Å². The third-order valence-electron chi connectivity index (χ3n) is 2.58. The summed E-state index contributed by atoms with van der Waals surface area (Å²) in [5, 5.41) is 10.9. The van der Waals surface area contributed by atoms with Gasteiger partial charge in [-0.15, -0.1) is 0 Å². The maximum Gasteiger partial charge on any atom is 0.437 e. The van der Waals surface area contributed by atoms with Crippen molar-refractivity contribution in [2.75, 3.05) is 19.8 Å². The van der Waals surface area contributed by atoms with E-state index in [0.29, 0.717) is 13.2 Å². The topological polar surface area (TPSA) is 60.3 Å². The van der Waals surface area contributed by atoms with E-state index in [4.69, 9.17) is 19.4 Å². The largest absolute Gasteiger partial charge is 0.488 e. The molecule has 1 aromatic rings. The average Bonchev–Trinajstić information content (AvgIpc) is 2.90. The fraction of sp³-hybridized carbons (Fsp3) is 0.417. The van der Waals surface area contributed by atoms with E-state index in [1.807, 2.05) is 0 Å². The molecule has 1 heterocycles. The number of alkyl halides is 3. The van der Waals surface area contributed by atoms with Crippen molar-refractivity contribution in [1.82, 2.24) is 0 Å². The summed E-state index contributed by atoms with van der Waals surface area (Å²) in [5.41, 5.74) is -1.76. The van der Waals surface area contributed by atoms with E-state index in [-0.39, 0.29) is 17.9 Å². The highest BCUT2D eigenvalue weighted by Gasteiger charge is 2.39. The molecule has 0 unspecified atom stereocenters. The van der Waals surface area contributed by atoms with Gasteiger partial charge < -0.3 is 19.4 Å². The van der Waals surface area contributed by atoms with E-state index >= 15 is 0 Å². The highest BCUT2D eigenvalue weighted by molar-refractivity contribution is 6.06. The smallest absolute Gasteiger partial charge is 0.437 e. The molecule has 1 fully saturated rings. The first-order valence-electron chi connectivity index (χ1n) is 5.77. The van der Waals surface area contributed by atoms with Crippen molar-refractivity contribution in [3.8, 4) is 5.75 Å². The van der Waals surface area contributed by atoms with Crippen molar-refractivity contribution in [1.29, 1.82) is 0 Å². The second-order valence-corrected chi connectivity index (χ2v) is 3.92. The van der Waals surface area contributed by atoms with Gasteiger partial charge in [-0.3, -0.25) is 0 Å². The minimum Gasteiger partial charge on any atom is -0.488 e. The summed E-state index contributed by atoms with van der Waals surface area (Å²) >= 11 is 0. The van der Waals surface area contributed by atoms with E-state index < -0.39 is 18.2 Å². The van der Waals surface area contributed by atoms with Crippen LogP contribution in [0, 0.1) is 0 Å². The Morgan fingerprint density at radius 2 is 1.95 bits per heavy atom. The van der Waals surface area contributed by atoms with Gasteiger partial charge in [0.05, 0.1) is 18.8 Å². The Morgan fingerprint density at radius 1 is 1.30 bits per heavy atom. The molecule has 0 bridgehead atoms. The molecule has 8 heteroatoms. The first-order valence-corrected chi connectivity index (χ1v) is 5.77. The second-order valence-electron chi connectivity index (χ2n) is 3.92. The molecule has 1 aliphatic heterocycles. The molecule has 0 spiro atoms. The molecule has 1 N–H and O–H groups in total. The molecular weight excluding hydrogens is 279 g/mol. The van der Waals surface area contributed by atoms with Crippen LogP contribution < -0.4 is 4.74 Å². The number of para-hydroxylation sites is 1. The number of rotatable bonds is 4. The average molecular weight is 291 g/mol. The van der Waals surface area contributed by atoms with Crippen molar-refractivity contribution in [3.63, 3.8) is 0 Å². The zero-order chi connectivity index (χ0) is 14.6. The lowest BCUT2D eigenvalue weighted by Crippen LogP contribution is -2.25. The Labute approximate surface area is 112 Å². The molecule has 0 aliphatic carbocycles. The molecule has 0 radical (unpaired) electrons. The van der Waals surface area contributed by atoms with Gasteiger partial charge in [0.15, 0.2) is 12.0 Å². The van der Waals surface area contributed by atoms with E-state index in [0.717, 1.165) is 6.07 Å². The first kappa shape index (κ1) is 14.6. The SMILES string of the molecule is O/N=C(/c1ccccc1OCC1OCCO1)C(F)(F)F. The van der Waals surface area contributed by atoms with Crippen LogP contribution in [0.3, 0.4) is 0 Å². The molecule has 0 aromatic heterocycles. The summed E-state index contributed by atoms with van der Waals surface area (Å²) in [6.07, 6.45) is -5.39. The zero-order valence-electron chi connectivity index (χ0n) is 10.3. The van der Waals surface area contributed by atoms with Crippen LogP contribution in [0.4, 0.5) is 13.2 Å². The molecule has 1 saturated heterocycles. The van der Waals surface area contributed by atoms with Gasteiger partial charge in [0.2, 0.25) is 0 Å². The quantitative estimate of drug-likeness (QED) is 0.525. The molecule has 5 nitrogen and oxygen atoms in total. The molecule has 1 aliphatic rings. The monoisotopic (exact) mass is 291 g/mol. The van der Waals surface area contributed by atoms with Gasteiger partial charge in [0.25, 0.3) is 0 Å². The van der Waals surface area contributed by atoms with Crippen LogP contribution in [0.15, 0.2) is 29.4 Å². The lowest BCUT2D eigenvalue weighted by Gasteiger charge is -2.15. The Morgan fingerprint density at radius 3 is 2.55 bits per heavy atom. The first-order chi connectivity index (χ1) is 9.52. The summed E-state index contributed by atoms with van der Waals surface area (Å²) in [6, 6.07) is 5.41. The third-order valence-corrected chi connectivity index (χ3v) is 2.58. The summed E-state index contributed by atoms with van der Waals surface area (Å²) in [5.74, 6) is -0.0586. The number of benzene rings is 1. The van der Waals surface area contributed by atoms with Crippen molar-refractivity contribution in [3.05, 3.63) is 29.8 Å². The van der Waals surface area contributed by atoms with Crippen LogP contribution in [0.1, 0.15) is 5.56 Å².